The standard InChI is InChI=1S/C37H54N2O7S/c1-35(2,3)24(21-47(45,46)26-12-10-9-11-13-26)18-25(40)19-27(36(4,5)6)34(44)39-20-28-30(37(28,7)8)31(39)29(41)17-23(16-22-14-15-22)32(42)33(38)43/h9-13,22-24,27-28,30-31H,14-21H2,1-8H3,(H2,38,43)/t23?,24?,27-,28?,30+,31-/m1/s1. The second kappa shape index (κ2) is 13.2. The number of ketones is 3. The predicted molar refractivity (Wildman–Crippen MR) is 180 cm³/mol. The van der Waals surface area contributed by atoms with E-state index in [9.17, 15) is 32.4 Å². The molecule has 1 saturated heterocycles. The second-order valence-corrected chi connectivity index (χ2v) is 19.2. The van der Waals surface area contributed by atoms with Crippen molar-refractivity contribution in [3.63, 3.8) is 0 Å². The third kappa shape index (κ3) is 8.41. The highest BCUT2D eigenvalue weighted by Crippen LogP contribution is 2.65. The Morgan fingerprint density at radius 2 is 1.51 bits per heavy atom. The van der Waals surface area contributed by atoms with E-state index in [1.54, 1.807) is 35.2 Å². The number of fused-ring (bicyclic) bond motifs is 1. The summed E-state index contributed by atoms with van der Waals surface area (Å²) < 4.78 is 26.6. The van der Waals surface area contributed by atoms with Crippen LogP contribution in [0.2, 0.25) is 0 Å². The van der Waals surface area contributed by atoms with E-state index in [0.29, 0.717) is 18.9 Å². The van der Waals surface area contributed by atoms with Crippen LogP contribution in [-0.4, -0.2) is 60.8 Å². The molecule has 6 atom stereocenters. The number of likely N-dealkylation sites (tertiary alicyclic amines) is 1. The summed E-state index contributed by atoms with van der Waals surface area (Å²) in [6.45, 7) is 16.0. The summed E-state index contributed by atoms with van der Waals surface area (Å²) in [7, 11) is -3.65. The zero-order valence-corrected chi connectivity index (χ0v) is 30.2. The van der Waals surface area contributed by atoms with Gasteiger partial charge in [0.2, 0.25) is 11.7 Å². The highest BCUT2D eigenvalue weighted by atomic mass is 32.2. The van der Waals surface area contributed by atoms with Gasteiger partial charge in [-0.25, -0.2) is 8.42 Å². The zero-order valence-electron chi connectivity index (χ0n) is 29.4. The quantitative estimate of drug-likeness (QED) is 0.257. The van der Waals surface area contributed by atoms with Crippen molar-refractivity contribution >= 4 is 39.0 Å². The van der Waals surface area contributed by atoms with Crippen LogP contribution in [0.1, 0.15) is 93.9 Å². The SMILES string of the molecule is CC(C)(C)C(CC(=O)C[C@H](C(=O)N1CC2[C@@H]([C@H]1C(=O)CC(CC1CC1)C(=O)C(N)=O)C2(C)C)C(C)(C)C)CS(=O)(=O)c1ccccc1. The molecule has 1 aliphatic heterocycles. The van der Waals surface area contributed by atoms with E-state index in [2.05, 4.69) is 13.8 Å². The summed E-state index contributed by atoms with van der Waals surface area (Å²) in [6, 6.07) is 7.49. The van der Waals surface area contributed by atoms with Gasteiger partial charge in [-0.3, -0.25) is 24.0 Å². The van der Waals surface area contributed by atoms with Crippen molar-refractivity contribution in [1.29, 1.82) is 0 Å². The van der Waals surface area contributed by atoms with Gasteiger partial charge in [0.15, 0.2) is 15.6 Å². The van der Waals surface area contributed by atoms with Crippen LogP contribution in [0.25, 0.3) is 0 Å². The van der Waals surface area contributed by atoms with Crippen LogP contribution in [0.4, 0.5) is 0 Å². The number of amides is 2. The number of nitrogens with zero attached hydrogens (tertiary/aromatic N) is 1. The molecule has 2 aliphatic carbocycles. The fourth-order valence-corrected chi connectivity index (χ4v) is 9.55. The van der Waals surface area contributed by atoms with Gasteiger partial charge in [-0.05, 0) is 58.5 Å². The number of carbonyl (C=O) groups is 5. The van der Waals surface area contributed by atoms with E-state index >= 15 is 0 Å². The normalized spacial score (nSPS) is 24.2. The van der Waals surface area contributed by atoms with Crippen molar-refractivity contribution in [3.8, 4) is 0 Å². The number of sulfone groups is 1. The van der Waals surface area contributed by atoms with Gasteiger partial charge in [-0.1, -0.05) is 86.4 Å². The number of hydrogen-bond donors (Lipinski definition) is 1. The molecular weight excluding hydrogens is 616 g/mol. The number of primary amides is 1. The van der Waals surface area contributed by atoms with E-state index in [1.807, 2.05) is 41.5 Å². The number of carbonyl (C=O) groups excluding carboxylic acids is 5. The van der Waals surface area contributed by atoms with Gasteiger partial charge >= 0.3 is 0 Å². The summed E-state index contributed by atoms with van der Waals surface area (Å²) in [6.07, 6.45) is 2.17. The van der Waals surface area contributed by atoms with Crippen LogP contribution in [-0.2, 0) is 33.8 Å². The molecule has 3 aliphatic rings. The molecule has 1 aromatic rings. The van der Waals surface area contributed by atoms with Crippen molar-refractivity contribution in [2.45, 2.75) is 105 Å². The fourth-order valence-electron chi connectivity index (χ4n) is 7.64. The van der Waals surface area contributed by atoms with Crippen LogP contribution in [0.5, 0.6) is 0 Å². The summed E-state index contributed by atoms with van der Waals surface area (Å²) in [4.78, 5) is 68.5. The molecular formula is C37H54N2O7S. The Kier molecular flexibility index (Phi) is 10.4. The summed E-state index contributed by atoms with van der Waals surface area (Å²) in [5, 5.41) is 0. The van der Waals surface area contributed by atoms with Crippen LogP contribution in [0.3, 0.4) is 0 Å². The van der Waals surface area contributed by atoms with Crippen molar-refractivity contribution < 1.29 is 32.4 Å². The maximum absolute atomic E-state index is 14.4. The topological polar surface area (TPSA) is 149 Å². The number of piperidine rings is 1. The van der Waals surface area contributed by atoms with E-state index < -0.39 is 56.2 Å². The third-order valence-electron chi connectivity index (χ3n) is 11.2. The first-order valence-corrected chi connectivity index (χ1v) is 18.7. The minimum absolute atomic E-state index is 0.00807. The molecule has 0 bridgehead atoms. The van der Waals surface area contributed by atoms with Gasteiger partial charge < -0.3 is 10.6 Å². The first-order valence-electron chi connectivity index (χ1n) is 17.0. The Labute approximate surface area is 280 Å². The molecule has 1 aromatic carbocycles. The van der Waals surface area contributed by atoms with E-state index in [1.165, 1.54) is 0 Å². The Balaban J connectivity index is 1.54. The molecule has 0 spiro atoms. The molecule has 2 amide bonds. The molecule has 1 heterocycles. The summed E-state index contributed by atoms with van der Waals surface area (Å²) >= 11 is 0. The Morgan fingerprint density at radius 3 is 2.02 bits per heavy atom. The highest BCUT2D eigenvalue weighted by molar-refractivity contribution is 7.91. The van der Waals surface area contributed by atoms with E-state index in [0.717, 1.165) is 12.8 Å². The van der Waals surface area contributed by atoms with E-state index in [4.69, 9.17) is 5.73 Å². The molecule has 10 heteroatoms. The van der Waals surface area contributed by atoms with Gasteiger partial charge in [0.05, 0.1) is 16.7 Å². The van der Waals surface area contributed by atoms with Crippen molar-refractivity contribution in [1.82, 2.24) is 4.90 Å². The van der Waals surface area contributed by atoms with Crippen molar-refractivity contribution in [2.75, 3.05) is 12.3 Å². The minimum Gasteiger partial charge on any atom is -0.363 e. The number of benzene rings is 1. The zero-order chi connectivity index (χ0) is 35.3. The van der Waals surface area contributed by atoms with Gasteiger partial charge in [-0.15, -0.1) is 0 Å². The Morgan fingerprint density at radius 1 is 0.915 bits per heavy atom. The maximum Gasteiger partial charge on any atom is 0.285 e. The Bertz CT molecular complexity index is 1500. The lowest BCUT2D eigenvalue weighted by molar-refractivity contribution is -0.148. The monoisotopic (exact) mass is 670 g/mol. The summed E-state index contributed by atoms with van der Waals surface area (Å²) in [5.41, 5.74) is 4.09. The van der Waals surface area contributed by atoms with Gasteiger partial charge in [-0.2, -0.15) is 0 Å². The van der Waals surface area contributed by atoms with Crippen LogP contribution in [0.15, 0.2) is 35.2 Å². The van der Waals surface area contributed by atoms with Gasteiger partial charge in [0.25, 0.3) is 5.91 Å². The van der Waals surface area contributed by atoms with Gasteiger partial charge in [0, 0.05) is 37.6 Å². The van der Waals surface area contributed by atoms with Crippen LogP contribution >= 0.6 is 0 Å². The predicted octanol–water partition coefficient (Wildman–Crippen LogP) is 5.05. The maximum atomic E-state index is 14.4. The van der Waals surface area contributed by atoms with Crippen LogP contribution in [0, 0.1) is 51.8 Å². The third-order valence-corrected chi connectivity index (χ3v) is 13.0. The molecule has 0 radical (unpaired) electrons. The first-order chi connectivity index (χ1) is 21.6. The highest BCUT2D eigenvalue weighted by Gasteiger charge is 2.69. The smallest absolute Gasteiger partial charge is 0.285 e. The molecule has 0 aromatic heterocycles. The average Bonchev–Trinajstić information content (AvgIpc) is 3.81. The molecule has 3 fully saturated rings. The Hall–Kier alpha value is -2.88. The number of rotatable bonds is 15. The fraction of sp³-hybridized carbons (Fsp3) is 0.703. The van der Waals surface area contributed by atoms with Crippen molar-refractivity contribution in [2.24, 2.45) is 57.5 Å². The molecule has 260 valence electrons. The van der Waals surface area contributed by atoms with Crippen molar-refractivity contribution in [3.05, 3.63) is 30.3 Å². The molecule has 4 rings (SSSR count). The lowest BCUT2D eigenvalue weighted by atomic mass is 9.73. The molecule has 2 saturated carbocycles. The number of Topliss-reactive ketones (excluding diaryl/α,β-unsaturated/α-hetero) is 3. The lowest BCUT2D eigenvalue weighted by Crippen LogP contribution is -2.51. The largest absolute Gasteiger partial charge is 0.363 e. The molecule has 2 N–H and O–H groups in total. The second-order valence-electron chi connectivity index (χ2n) is 17.2. The number of nitrogens with two attached hydrogens (primary N) is 1. The molecule has 9 nitrogen and oxygen atoms in total. The summed E-state index contributed by atoms with van der Waals surface area (Å²) in [5.74, 6) is -4.26. The molecule has 3 unspecified atom stereocenters. The van der Waals surface area contributed by atoms with E-state index in [-0.39, 0.29) is 64.6 Å². The minimum atomic E-state index is -3.65. The van der Waals surface area contributed by atoms with Crippen LogP contribution < -0.4 is 5.73 Å². The van der Waals surface area contributed by atoms with Gasteiger partial charge in [0.1, 0.15) is 5.78 Å². The molecule has 47 heavy (non-hydrogen) atoms. The lowest BCUT2D eigenvalue weighted by Gasteiger charge is -2.38. The number of hydrogen-bond acceptors (Lipinski definition) is 7. The average molecular weight is 671 g/mol. The first kappa shape index (κ1) is 36.9.